The standard InChI is InChI=1S/C18H18N2O2S3/c1-4-8-20-17(22)15-12(14-7-6-9-23-14)10-24-16(15)19-18(20)25-11(3)13(21)5-2/h4,6-7,9-11H,1,5,8H2,2-3H3. The minimum Gasteiger partial charge on any atom is -0.298 e. The second kappa shape index (κ2) is 7.68. The molecule has 3 aromatic heterocycles. The quantitative estimate of drug-likeness (QED) is 0.329. The van der Waals surface area contributed by atoms with E-state index in [2.05, 4.69) is 6.58 Å². The Morgan fingerprint density at radius 3 is 2.92 bits per heavy atom. The van der Waals surface area contributed by atoms with E-state index in [0.717, 1.165) is 10.4 Å². The first-order valence-corrected chi connectivity index (χ1v) is 10.6. The van der Waals surface area contributed by atoms with Crippen molar-refractivity contribution in [3.05, 3.63) is 45.9 Å². The first kappa shape index (κ1) is 18.1. The smallest absolute Gasteiger partial charge is 0.263 e. The fourth-order valence-electron chi connectivity index (χ4n) is 2.51. The third-order valence-electron chi connectivity index (χ3n) is 3.84. The van der Waals surface area contributed by atoms with E-state index in [-0.39, 0.29) is 16.6 Å². The predicted molar refractivity (Wildman–Crippen MR) is 108 cm³/mol. The number of hydrogen-bond acceptors (Lipinski definition) is 6. The summed E-state index contributed by atoms with van der Waals surface area (Å²) in [4.78, 5) is 31.5. The number of rotatable bonds is 7. The van der Waals surface area contributed by atoms with Gasteiger partial charge in [-0.15, -0.1) is 29.3 Å². The van der Waals surface area contributed by atoms with Gasteiger partial charge in [-0.1, -0.05) is 30.8 Å². The molecule has 3 rings (SSSR count). The van der Waals surface area contributed by atoms with Crippen molar-refractivity contribution in [3.63, 3.8) is 0 Å². The van der Waals surface area contributed by atoms with Crippen molar-refractivity contribution in [2.45, 2.75) is 37.2 Å². The van der Waals surface area contributed by atoms with Gasteiger partial charge in [-0.05, 0) is 18.4 Å². The lowest BCUT2D eigenvalue weighted by Gasteiger charge is -2.13. The Balaban J connectivity index is 2.16. The fourth-order valence-corrected chi connectivity index (χ4v) is 5.36. The second-order valence-electron chi connectivity index (χ2n) is 5.49. The number of Topliss-reactive ketones (excluding diaryl/α,β-unsaturated/α-hetero) is 1. The van der Waals surface area contributed by atoms with Gasteiger partial charge in [0.2, 0.25) is 0 Å². The first-order chi connectivity index (χ1) is 12.1. The highest BCUT2D eigenvalue weighted by Crippen LogP contribution is 2.35. The Hall–Kier alpha value is -1.70. The van der Waals surface area contributed by atoms with Crippen molar-refractivity contribution in [3.8, 4) is 10.4 Å². The van der Waals surface area contributed by atoms with E-state index in [1.807, 2.05) is 36.7 Å². The third kappa shape index (κ3) is 3.49. The molecular weight excluding hydrogens is 372 g/mol. The average Bonchev–Trinajstić information content (AvgIpc) is 3.26. The van der Waals surface area contributed by atoms with E-state index in [9.17, 15) is 9.59 Å². The van der Waals surface area contributed by atoms with Crippen LogP contribution in [0.2, 0.25) is 0 Å². The first-order valence-electron chi connectivity index (χ1n) is 7.93. The Morgan fingerprint density at radius 2 is 2.28 bits per heavy atom. The zero-order valence-corrected chi connectivity index (χ0v) is 16.5. The van der Waals surface area contributed by atoms with Crippen LogP contribution in [0.15, 0.2) is 45.5 Å². The Kier molecular flexibility index (Phi) is 5.56. The van der Waals surface area contributed by atoms with E-state index in [0.29, 0.717) is 28.3 Å². The highest BCUT2D eigenvalue weighted by Gasteiger charge is 2.20. The number of allylic oxidation sites excluding steroid dienone is 1. The summed E-state index contributed by atoms with van der Waals surface area (Å²) in [5.41, 5.74) is 0.854. The van der Waals surface area contributed by atoms with Crippen LogP contribution in [0, 0.1) is 0 Å². The van der Waals surface area contributed by atoms with E-state index < -0.39 is 0 Å². The van der Waals surface area contributed by atoms with Crippen LogP contribution >= 0.6 is 34.4 Å². The molecule has 0 fully saturated rings. The van der Waals surface area contributed by atoms with Gasteiger partial charge in [-0.25, -0.2) is 4.98 Å². The normalized spacial score (nSPS) is 12.4. The van der Waals surface area contributed by atoms with E-state index in [4.69, 9.17) is 4.98 Å². The molecule has 0 aromatic carbocycles. The second-order valence-corrected chi connectivity index (χ2v) is 8.60. The molecule has 0 aliphatic rings. The molecule has 0 amide bonds. The third-order valence-corrected chi connectivity index (χ3v) is 6.76. The van der Waals surface area contributed by atoms with Gasteiger partial charge >= 0.3 is 0 Å². The summed E-state index contributed by atoms with van der Waals surface area (Å²) in [6.07, 6.45) is 2.16. The molecule has 0 saturated carbocycles. The number of ketones is 1. The molecule has 0 N–H and O–H groups in total. The molecule has 4 nitrogen and oxygen atoms in total. The van der Waals surface area contributed by atoms with Gasteiger partial charge in [0.15, 0.2) is 5.16 Å². The Labute approximate surface area is 158 Å². The summed E-state index contributed by atoms with van der Waals surface area (Å²) in [5.74, 6) is 0.148. The molecule has 0 aliphatic heterocycles. The molecular formula is C18H18N2O2S3. The topological polar surface area (TPSA) is 52.0 Å². The van der Waals surface area contributed by atoms with E-state index in [1.54, 1.807) is 22.0 Å². The van der Waals surface area contributed by atoms with Crippen molar-refractivity contribution in [2.24, 2.45) is 0 Å². The molecule has 0 aliphatic carbocycles. The maximum absolute atomic E-state index is 13.1. The summed E-state index contributed by atoms with van der Waals surface area (Å²) >= 11 is 4.41. The molecule has 1 unspecified atom stereocenters. The average molecular weight is 391 g/mol. The molecule has 0 bridgehead atoms. The van der Waals surface area contributed by atoms with Gasteiger partial charge in [-0.2, -0.15) is 0 Å². The number of hydrogen-bond donors (Lipinski definition) is 0. The summed E-state index contributed by atoms with van der Waals surface area (Å²) in [5, 5.41) is 4.97. The van der Waals surface area contributed by atoms with Gasteiger partial charge in [0.1, 0.15) is 10.6 Å². The van der Waals surface area contributed by atoms with Crippen LogP contribution in [0.25, 0.3) is 20.7 Å². The van der Waals surface area contributed by atoms with Crippen LogP contribution in [0.4, 0.5) is 0 Å². The highest BCUT2D eigenvalue weighted by molar-refractivity contribution is 8.00. The van der Waals surface area contributed by atoms with Crippen molar-refractivity contribution < 1.29 is 4.79 Å². The van der Waals surface area contributed by atoms with Gasteiger partial charge < -0.3 is 0 Å². The fraction of sp³-hybridized carbons (Fsp3) is 0.278. The van der Waals surface area contributed by atoms with Crippen LogP contribution in [-0.4, -0.2) is 20.6 Å². The van der Waals surface area contributed by atoms with Crippen molar-refractivity contribution >= 4 is 50.4 Å². The summed E-state index contributed by atoms with van der Waals surface area (Å²) in [7, 11) is 0. The van der Waals surface area contributed by atoms with Crippen molar-refractivity contribution in [1.29, 1.82) is 0 Å². The zero-order valence-electron chi connectivity index (χ0n) is 14.0. The molecule has 7 heteroatoms. The highest BCUT2D eigenvalue weighted by atomic mass is 32.2. The monoisotopic (exact) mass is 390 g/mol. The molecule has 0 saturated heterocycles. The summed E-state index contributed by atoms with van der Waals surface area (Å²) in [6.45, 7) is 7.83. The number of carbonyl (C=O) groups is 1. The molecule has 1 atom stereocenters. The summed E-state index contributed by atoms with van der Waals surface area (Å²) in [6, 6.07) is 3.98. The Morgan fingerprint density at radius 1 is 1.48 bits per heavy atom. The van der Waals surface area contributed by atoms with Crippen LogP contribution in [0.3, 0.4) is 0 Å². The number of nitrogens with zero attached hydrogens (tertiary/aromatic N) is 2. The van der Waals surface area contributed by atoms with Crippen molar-refractivity contribution in [2.75, 3.05) is 0 Å². The van der Waals surface area contributed by atoms with Crippen LogP contribution in [-0.2, 0) is 11.3 Å². The van der Waals surface area contributed by atoms with Gasteiger partial charge in [-0.3, -0.25) is 14.2 Å². The van der Waals surface area contributed by atoms with Crippen molar-refractivity contribution in [1.82, 2.24) is 9.55 Å². The molecule has 3 heterocycles. The number of thioether (sulfide) groups is 1. The SMILES string of the molecule is C=CCn1c(SC(C)C(=O)CC)nc2scc(-c3cccs3)c2c1=O. The lowest BCUT2D eigenvalue weighted by Crippen LogP contribution is -2.24. The lowest BCUT2D eigenvalue weighted by atomic mass is 10.2. The number of fused-ring (bicyclic) bond motifs is 1. The molecule has 130 valence electrons. The maximum atomic E-state index is 13.1. The molecule has 25 heavy (non-hydrogen) atoms. The number of carbonyl (C=O) groups excluding carboxylic acids is 1. The van der Waals surface area contributed by atoms with Crippen LogP contribution in [0.1, 0.15) is 20.3 Å². The zero-order chi connectivity index (χ0) is 18.0. The van der Waals surface area contributed by atoms with Crippen LogP contribution in [0.5, 0.6) is 0 Å². The predicted octanol–water partition coefficient (Wildman–Crippen LogP) is 4.83. The van der Waals surface area contributed by atoms with Gasteiger partial charge in [0, 0.05) is 28.8 Å². The largest absolute Gasteiger partial charge is 0.298 e. The minimum atomic E-state index is -0.234. The number of thiophene rings is 2. The van der Waals surface area contributed by atoms with E-state index >= 15 is 0 Å². The Bertz CT molecular complexity index is 970. The minimum absolute atomic E-state index is 0.0757. The maximum Gasteiger partial charge on any atom is 0.263 e. The molecule has 0 spiro atoms. The lowest BCUT2D eigenvalue weighted by molar-refractivity contribution is -0.118. The number of aromatic nitrogens is 2. The van der Waals surface area contributed by atoms with Gasteiger partial charge in [0.05, 0.1) is 10.6 Å². The van der Waals surface area contributed by atoms with Gasteiger partial charge in [0.25, 0.3) is 5.56 Å². The molecule has 3 aromatic rings. The van der Waals surface area contributed by atoms with E-state index in [1.165, 1.54) is 23.1 Å². The van der Waals surface area contributed by atoms with Crippen LogP contribution < -0.4 is 5.56 Å². The molecule has 0 radical (unpaired) electrons. The summed E-state index contributed by atoms with van der Waals surface area (Å²) < 4.78 is 1.61.